The van der Waals surface area contributed by atoms with Crippen LogP contribution in [0.5, 0.6) is 11.5 Å². The minimum atomic E-state index is -5.22. The predicted octanol–water partition coefficient (Wildman–Crippen LogP) is 1.65. The number of benzene rings is 1. The van der Waals surface area contributed by atoms with Gasteiger partial charge in [-0.3, -0.25) is 4.79 Å². The molecule has 27 heavy (non-hydrogen) atoms. The molecule has 1 fully saturated rings. The number of alkyl halides is 3. The van der Waals surface area contributed by atoms with Crippen molar-refractivity contribution in [3.8, 4) is 11.5 Å². The van der Waals surface area contributed by atoms with Gasteiger partial charge in [0.1, 0.15) is 17.4 Å². The molecule has 1 aliphatic heterocycles. The third-order valence-corrected chi connectivity index (χ3v) is 4.34. The van der Waals surface area contributed by atoms with E-state index in [0.29, 0.717) is 5.75 Å². The second kappa shape index (κ2) is 7.77. The zero-order valence-electron chi connectivity index (χ0n) is 14.7. The lowest BCUT2D eigenvalue weighted by Gasteiger charge is -2.45. The Morgan fingerprint density at radius 1 is 1.33 bits per heavy atom. The van der Waals surface area contributed by atoms with E-state index in [1.165, 1.54) is 39.3 Å². The van der Waals surface area contributed by atoms with Crippen molar-refractivity contribution in [3.63, 3.8) is 0 Å². The Kier molecular flexibility index (Phi) is 6.05. The third-order valence-electron chi connectivity index (χ3n) is 4.12. The topological polar surface area (TPSA) is 89.1 Å². The van der Waals surface area contributed by atoms with Crippen LogP contribution < -0.4 is 20.1 Å². The molecule has 0 amide bonds. The number of ether oxygens (including phenoxy) is 3. The number of hydrogen-bond donors (Lipinski definition) is 3. The number of halogens is 3. The fourth-order valence-corrected chi connectivity index (χ4v) is 3.16. The zero-order chi connectivity index (χ0) is 20.4. The van der Waals surface area contributed by atoms with Crippen LogP contribution in [-0.4, -0.2) is 48.9 Å². The van der Waals surface area contributed by atoms with Crippen molar-refractivity contribution in [3.05, 3.63) is 23.8 Å². The van der Waals surface area contributed by atoms with E-state index >= 15 is 0 Å². The van der Waals surface area contributed by atoms with E-state index in [1.54, 1.807) is 5.32 Å². The second-order valence-corrected chi connectivity index (χ2v) is 6.09. The number of rotatable bonds is 5. The first-order valence-electron chi connectivity index (χ1n) is 7.85. The van der Waals surface area contributed by atoms with Gasteiger partial charge in [0.15, 0.2) is 5.11 Å². The minimum absolute atomic E-state index is 0.140. The van der Waals surface area contributed by atoms with Gasteiger partial charge in [-0.2, -0.15) is 13.2 Å². The highest BCUT2D eigenvalue weighted by Crippen LogP contribution is 2.45. The van der Waals surface area contributed by atoms with Crippen LogP contribution in [0.3, 0.4) is 0 Å². The molecule has 0 aromatic heterocycles. The highest BCUT2D eigenvalue weighted by atomic mass is 32.1. The Bertz CT molecular complexity index is 730. The van der Waals surface area contributed by atoms with Crippen LogP contribution in [0.25, 0.3) is 0 Å². The maximum absolute atomic E-state index is 13.7. The summed E-state index contributed by atoms with van der Waals surface area (Å²) >= 11 is 4.84. The van der Waals surface area contributed by atoms with Gasteiger partial charge in [0.05, 0.1) is 26.9 Å². The van der Waals surface area contributed by atoms with Gasteiger partial charge < -0.3 is 30.0 Å². The summed E-state index contributed by atoms with van der Waals surface area (Å²) in [4.78, 5) is 12.4. The maximum Gasteiger partial charge on any atom is 0.437 e. The lowest BCUT2D eigenvalue weighted by molar-refractivity contribution is -0.292. The number of hydrogen-bond acceptors (Lipinski definition) is 6. The average Bonchev–Trinajstić information content (AvgIpc) is 2.59. The molecular weight excluding hydrogens is 389 g/mol. The Morgan fingerprint density at radius 3 is 2.52 bits per heavy atom. The van der Waals surface area contributed by atoms with Gasteiger partial charge in [-0.25, -0.2) is 0 Å². The maximum atomic E-state index is 13.7. The highest BCUT2D eigenvalue weighted by molar-refractivity contribution is 7.80. The lowest BCUT2D eigenvalue weighted by Crippen LogP contribution is -2.73. The molecule has 0 aliphatic carbocycles. The monoisotopic (exact) mass is 408 g/mol. The van der Waals surface area contributed by atoms with Gasteiger partial charge in [-0.15, -0.1) is 0 Å². The third kappa shape index (κ3) is 3.88. The zero-order valence-corrected chi connectivity index (χ0v) is 15.5. The van der Waals surface area contributed by atoms with Gasteiger partial charge in [0.25, 0.3) is 5.72 Å². The van der Waals surface area contributed by atoms with Crippen LogP contribution in [0.1, 0.15) is 18.5 Å². The van der Waals surface area contributed by atoms with Crippen molar-refractivity contribution < 1.29 is 37.3 Å². The van der Waals surface area contributed by atoms with Gasteiger partial charge >= 0.3 is 12.1 Å². The van der Waals surface area contributed by atoms with E-state index in [1.807, 2.05) is 0 Å². The summed E-state index contributed by atoms with van der Waals surface area (Å²) in [5.74, 6) is -2.87. The number of carbonyl (C=O) groups is 1. The van der Waals surface area contributed by atoms with Crippen molar-refractivity contribution in [2.75, 3.05) is 20.8 Å². The largest absolute Gasteiger partial charge is 0.497 e. The second-order valence-electron chi connectivity index (χ2n) is 5.68. The first-order valence-corrected chi connectivity index (χ1v) is 8.26. The first-order chi connectivity index (χ1) is 12.6. The fraction of sp³-hybridized carbons (Fsp3) is 0.500. The van der Waals surface area contributed by atoms with Crippen LogP contribution >= 0.6 is 12.2 Å². The van der Waals surface area contributed by atoms with E-state index in [4.69, 9.17) is 26.4 Å². The van der Waals surface area contributed by atoms with Crippen LogP contribution in [0.4, 0.5) is 13.2 Å². The summed E-state index contributed by atoms with van der Waals surface area (Å²) in [6.45, 7) is 1.27. The standard InChI is InChI=1S/C16H19F3N2O5S/c1-4-26-13(22)11-12(9-7-8(24-2)5-6-10(9)25-3)20-14(27)21-15(11,23)16(17,18)19/h5-7,11-12,23H,4H2,1-3H3,(H2,20,21,27)/t11-,12+,15+/m1/s1. The van der Waals surface area contributed by atoms with E-state index in [2.05, 4.69) is 5.32 Å². The molecule has 3 N–H and O–H groups in total. The Morgan fingerprint density at radius 2 is 2.00 bits per heavy atom. The molecule has 7 nitrogen and oxygen atoms in total. The molecule has 150 valence electrons. The van der Waals surface area contributed by atoms with E-state index in [9.17, 15) is 23.1 Å². The van der Waals surface area contributed by atoms with Crippen molar-refractivity contribution in [2.45, 2.75) is 24.9 Å². The molecule has 0 bridgehead atoms. The molecule has 1 aromatic carbocycles. The van der Waals surface area contributed by atoms with Gasteiger partial charge in [-0.05, 0) is 37.3 Å². The molecule has 11 heteroatoms. The summed E-state index contributed by atoms with van der Waals surface area (Å²) in [5.41, 5.74) is -3.50. The van der Waals surface area contributed by atoms with Crippen molar-refractivity contribution in [1.82, 2.24) is 10.6 Å². The molecule has 0 unspecified atom stereocenters. The van der Waals surface area contributed by atoms with Crippen LogP contribution in [-0.2, 0) is 9.53 Å². The van der Waals surface area contributed by atoms with Crippen LogP contribution in [0.15, 0.2) is 18.2 Å². The Hall–Kier alpha value is -2.27. The van der Waals surface area contributed by atoms with Gasteiger partial charge in [0.2, 0.25) is 0 Å². The molecule has 0 saturated carbocycles. The number of esters is 1. The highest BCUT2D eigenvalue weighted by Gasteiger charge is 2.66. The van der Waals surface area contributed by atoms with Gasteiger partial charge in [0, 0.05) is 5.56 Å². The molecule has 3 atom stereocenters. The fourth-order valence-electron chi connectivity index (χ4n) is 2.88. The SMILES string of the molecule is CCOC(=O)[C@H]1[C@H](c2cc(OC)ccc2OC)NC(=S)N[C@@]1(O)C(F)(F)F. The number of aliphatic hydroxyl groups is 1. The summed E-state index contributed by atoms with van der Waals surface area (Å²) < 4.78 is 56.2. The van der Waals surface area contributed by atoms with Crippen molar-refractivity contribution >= 4 is 23.3 Å². The number of nitrogens with one attached hydrogen (secondary N) is 2. The van der Waals surface area contributed by atoms with Crippen LogP contribution in [0, 0.1) is 5.92 Å². The molecule has 1 saturated heterocycles. The molecule has 0 radical (unpaired) electrons. The molecular formula is C16H19F3N2O5S. The summed E-state index contributed by atoms with van der Waals surface area (Å²) in [7, 11) is 2.70. The van der Waals surface area contributed by atoms with E-state index < -0.39 is 34.9 Å². The van der Waals surface area contributed by atoms with E-state index in [0.717, 1.165) is 0 Å². The predicted molar refractivity (Wildman–Crippen MR) is 92.3 cm³/mol. The quantitative estimate of drug-likeness (QED) is 0.501. The molecule has 1 aliphatic rings. The molecule has 1 aromatic rings. The lowest BCUT2D eigenvalue weighted by atomic mass is 9.81. The minimum Gasteiger partial charge on any atom is -0.497 e. The Balaban J connectivity index is 2.67. The summed E-state index contributed by atoms with van der Waals surface area (Å²) in [6.07, 6.45) is -5.22. The van der Waals surface area contributed by atoms with Crippen LogP contribution in [0.2, 0.25) is 0 Å². The summed E-state index contributed by atoms with van der Waals surface area (Å²) in [5, 5.41) is 14.3. The molecule has 0 spiro atoms. The van der Waals surface area contributed by atoms with Gasteiger partial charge in [-0.1, -0.05) is 0 Å². The van der Waals surface area contributed by atoms with Crippen molar-refractivity contribution in [1.29, 1.82) is 0 Å². The average molecular weight is 408 g/mol. The Labute approximate surface area is 158 Å². The van der Waals surface area contributed by atoms with E-state index in [-0.39, 0.29) is 17.9 Å². The number of thiocarbonyl (C=S) groups is 1. The first kappa shape index (κ1) is 21.0. The molecule has 2 rings (SSSR count). The normalized spacial score (nSPS) is 25.2. The summed E-state index contributed by atoms with van der Waals surface area (Å²) in [6, 6.07) is 3.01. The number of methoxy groups -OCH3 is 2. The van der Waals surface area contributed by atoms with Crippen molar-refractivity contribution in [2.24, 2.45) is 5.92 Å². The number of carbonyl (C=O) groups excluding carboxylic acids is 1. The molecule has 1 heterocycles. The smallest absolute Gasteiger partial charge is 0.437 e.